The lowest BCUT2D eigenvalue weighted by atomic mass is 10.2. The fourth-order valence-electron chi connectivity index (χ4n) is 2.12. The first-order valence-electron chi connectivity index (χ1n) is 6.63. The molecular formula is C16H11F2NO3S. The van der Waals surface area contributed by atoms with Gasteiger partial charge in [-0.3, -0.25) is 0 Å². The highest BCUT2D eigenvalue weighted by molar-refractivity contribution is 7.87. The van der Waals surface area contributed by atoms with E-state index < -0.39 is 26.6 Å². The van der Waals surface area contributed by atoms with Crippen LogP contribution in [0.25, 0.3) is 10.9 Å². The van der Waals surface area contributed by atoms with Gasteiger partial charge in [-0.25, -0.2) is 13.8 Å². The van der Waals surface area contributed by atoms with Crippen LogP contribution in [0.2, 0.25) is 0 Å². The van der Waals surface area contributed by atoms with Crippen LogP contribution in [0.5, 0.6) is 5.75 Å². The molecule has 0 unspecified atom stereocenters. The van der Waals surface area contributed by atoms with Gasteiger partial charge in [0.15, 0.2) is 5.75 Å². The van der Waals surface area contributed by atoms with Crippen LogP contribution in [-0.4, -0.2) is 13.4 Å². The normalized spacial score (nSPS) is 11.6. The molecule has 118 valence electrons. The lowest BCUT2D eigenvalue weighted by Crippen LogP contribution is -2.12. The van der Waals surface area contributed by atoms with Crippen LogP contribution >= 0.6 is 0 Å². The Kier molecular flexibility index (Phi) is 3.73. The van der Waals surface area contributed by atoms with E-state index in [1.807, 2.05) is 0 Å². The van der Waals surface area contributed by atoms with E-state index in [0.29, 0.717) is 22.7 Å². The molecule has 7 heteroatoms. The monoisotopic (exact) mass is 335 g/mol. The summed E-state index contributed by atoms with van der Waals surface area (Å²) < 4.78 is 56.4. The molecular weight excluding hydrogens is 324 g/mol. The standard InChI is InChI=1S/C16H11F2NO3S/c1-10-5-6-11-3-2-4-14(16(11)19-10)22-23(20,21)15-9-12(17)7-8-13(15)18/h2-9H,1H3. The van der Waals surface area contributed by atoms with Gasteiger partial charge >= 0.3 is 10.1 Å². The number of halogens is 2. The molecule has 4 nitrogen and oxygen atoms in total. The van der Waals surface area contributed by atoms with Crippen molar-refractivity contribution in [1.82, 2.24) is 4.98 Å². The van der Waals surface area contributed by atoms with Gasteiger partial charge in [0.05, 0.1) is 0 Å². The van der Waals surface area contributed by atoms with E-state index in [0.717, 1.165) is 12.1 Å². The number of benzene rings is 2. The summed E-state index contributed by atoms with van der Waals surface area (Å²) in [5, 5.41) is 0.669. The topological polar surface area (TPSA) is 56.3 Å². The maximum atomic E-state index is 13.7. The van der Waals surface area contributed by atoms with Crippen molar-refractivity contribution in [2.24, 2.45) is 0 Å². The van der Waals surface area contributed by atoms with Gasteiger partial charge in [-0.1, -0.05) is 18.2 Å². The number of nitrogens with zero attached hydrogens (tertiary/aromatic N) is 1. The van der Waals surface area contributed by atoms with Crippen molar-refractivity contribution in [3.63, 3.8) is 0 Å². The molecule has 0 aliphatic heterocycles. The zero-order valence-corrected chi connectivity index (χ0v) is 12.8. The summed E-state index contributed by atoms with van der Waals surface area (Å²) in [6.45, 7) is 1.75. The predicted molar refractivity (Wildman–Crippen MR) is 80.7 cm³/mol. The summed E-state index contributed by atoms with van der Waals surface area (Å²) in [5.74, 6) is -2.01. The van der Waals surface area contributed by atoms with Gasteiger partial charge in [0.1, 0.15) is 22.0 Å². The average Bonchev–Trinajstić information content (AvgIpc) is 2.50. The first-order chi connectivity index (χ1) is 10.9. The van der Waals surface area contributed by atoms with Crippen LogP contribution in [0.15, 0.2) is 53.4 Å². The quantitative estimate of drug-likeness (QED) is 0.687. The minimum Gasteiger partial charge on any atom is -0.377 e. The van der Waals surface area contributed by atoms with Crippen LogP contribution in [0.1, 0.15) is 5.69 Å². The lowest BCUT2D eigenvalue weighted by Gasteiger charge is -2.10. The van der Waals surface area contributed by atoms with Crippen LogP contribution in [0.3, 0.4) is 0 Å². The Bertz CT molecular complexity index is 1000. The largest absolute Gasteiger partial charge is 0.377 e. The van der Waals surface area contributed by atoms with Crippen LogP contribution in [-0.2, 0) is 10.1 Å². The van der Waals surface area contributed by atoms with Gasteiger partial charge < -0.3 is 4.18 Å². The van der Waals surface area contributed by atoms with Crippen molar-refractivity contribution in [1.29, 1.82) is 0 Å². The number of pyridine rings is 1. The highest BCUT2D eigenvalue weighted by Gasteiger charge is 2.23. The van der Waals surface area contributed by atoms with E-state index in [4.69, 9.17) is 4.18 Å². The summed E-state index contributed by atoms with van der Waals surface area (Å²) in [6.07, 6.45) is 0. The predicted octanol–water partition coefficient (Wildman–Crippen LogP) is 3.59. The van der Waals surface area contributed by atoms with Crippen molar-refractivity contribution >= 4 is 21.0 Å². The van der Waals surface area contributed by atoms with Crippen molar-refractivity contribution in [3.8, 4) is 5.75 Å². The Morgan fingerprint density at radius 3 is 2.61 bits per heavy atom. The third-order valence-corrected chi connectivity index (χ3v) is 4.44. The first-order valence-corrected chi connectivity index (χ1v) is 8.03. The van der Waals surface area contributed by atoms with E-state index in [2.05, 4.69) is 4.98 Å². The highest BCUT2D eigenvalue weighted by atomic mass is 32.2. The van der Waals surface area contributed by atoms with E-state index in [9.17, 15) is 17.2 Å². The van der Waals surface area contributed by atoms with Gasteiger partial charge in [-0.2, -0.15) is 8.42 Å². The fourth-order valence-corrected chi connectivity index (χ4v) is 3.14. The number of para-hydroxylation sites is 1. The third kappa shape index (κ3) is 3.00. The first kappa shape index (κ1) is 15.4. The molecule has 0 saturated carbocycles. The number of hydrogen-bond donors (Lipinski definition) is 0. The molecule has 0 radical (unpaired) electrons. The zero-order valence-electron chi connectivity index (χ0n) is 12.0. The minimum absolute atomic E-state index is 0.0464. The van der Waals surface area contributed by atoms with Gasteiger partial charge in [0.25, 0.3) is 0 Å². The second-order valence-electron chi connectivity index (χ2n) is 4.89. The molecule has 0 saturated heterocycles. The Hall–Kier alpha value is -2.54. The molecule has 0 aliphatic rings. The molecule has 3 rings (SSSR count). The molecule has 2 aromatic carbocycles. The second-order valence-corrected chi connectivity index (χ2v) is 6.41. The summed E-state index contributed by atoms with van der Waals surface area (Å²) in [4.78, 5) is 3.38. The molecule has 1 aromatic heterocycles. The number of rotatable bonds is 3. The molecule has 0 atom stereocenters. The van der Waals surface area contributed by atoms with Gasteiger partial charge in [-0.15, -0.1) is 0 Å². The Balaban J connectivity index is 2.11. The molecule has 0 bridgehead atoms. The van der Waals surface area contributed by atoms with Crippen molar-refractivity contribution < 1.29 is 21.4 Å². The number of aryl methyl sites for hydroxylation is 1. The zero-order chi connectivity index (χ0) is 16.6. The summed E-state index contributed by atoms with van der Waals surface area (Å²) in [5.41, 5.74) is 0.996. The maximum absolute atomic E-state index is 13.7. The third-order valence-electron chi connectivity index (χ3n) is 3.18. The lowest BCUT2D eigenvalue weighted by molar-refractivity contribution is 0.475. The highest BCUT2D eigenvalue weighted by Crippen LogP contribution is 2.28. The molecule has 23 heavy (non-hydrogen) atoms. The van der Waals surface area contributed by atoms with E-state index in [-0.39, 0.29) is 5.75 Å². The molecule has 3 aromatic rings. The molecule has 0 fully saturated rings. The molecule has 0 spiro atoms. The van der Waals surface area contributed by atoms with Gasteiger partial charge in [0.2, 0.25) is 0 Å². The minimum atomic E-state index is -4.53. The number of aromatic nitrogens is 1. The van der Waals surface area contributed by atoms with E-state index in [1.54, 1.807) is 31.2 Å². The summed E-state index contributed by atoms with van der Waals surface area (Å²) in [6, 6.07) is 10.4. The molecule has 1 heterocycles. The van der Waals surface area contributed by atoms with Crippen molar-refractivity contribution in [2.75, 3.05) is 0 Å². The van der Waals surface area contributed by atoms with E-state index in [1.165, 1.54) is 6.07 Å². The Morgan fingerprint density at radius 2 is 1.83 bits per heavy atom. The van der Waals surface area contributed by atoms with Crippen LogP contribution in [0, 0.1) is 18.6 Å². The number of hydrogen-bond acceptors (Lipinski definition) is 4. The second kappa shape index (κ2) is 5.58. The summed E-state index contributed by atoms with van der Waals surface area (Å²) >= 11 is 0. The summed E-state index contributed by atoms with van der Waals surface area (Å²) in [7, 11) is -4.53. The maximum Gasteiger partial charge on any atom is 0.342 e. The SMILES string of the molecule is Cc1ccc2cccc(OS(=O)(=O)c3cc(F)ccc3F)c2n1. The van der Waals surface area contributed by atoms with Crippen molar-refractivity contribution in [3.05, 3.63) is 65.9 Å². The van der Waals surface area contributed by atoms with Crippen molar-refractivity contribution in [2.45, 2.75) is 11.8 Å². The molecule has 0 N–H and O–H groups in total. The molecule has 0 amide bonds. The Labute approximate surface area is 131 Å². The fraction of sp³-hybridized carbons (Fsp3) is 0.0625. The van der Waals surface area contributed by atoms with Crippen LogP contribution in [0.4, 0.5) is 8.78 Å². The van der Waals surface area contributed by atoms with Gasteiger partial charge in [-0.05, 0) is 37.3 Å². The average molecular weight is 335 g/mol. The Morgan fingerprint density at radius 1 is 1.04 bits per heavy atom. The number of fused-ring (bicyclic) bond motifs is 1. The van der Waals surface area contributed by atoms with Gasteiger partial charge in [0, 0.05) is 11.1 Å². The smallest absolute Gasteiger partial charge is 0.342 e. The van der Waals surface area contributed by atoms with Crippen LogP contribution < -0.4 is 4.18 Å². The van der Waals surface area contributed by atoms with E-state index >= 15 is 0 Å². The molecule has 0 aliphatic carbocycles.